The van der Waals surface area contributed by atoms with Crippen molar-refractivity contribution in [2.24, 2.45) is 5.92 Å². The lowest BCUT2D eigenvalue weighted by Gasteiger charge is -2.22. The molecule has 0 bridgehead atoms. The van der Waals surface area contributed by atoms with Crippen molar-refractivity contribution < 1.29 is 18.0 Å². The van der Waals surface area contributed by atoms with Crippen LogP contribution in [0.2, 0.25) is 5.02 Å². The Hall–Kier alpha value is -1.99. The average Bonchev–Trinajstić information content (AvgIpc) is 3.34. The number of carbonyl (C=O) groups excluding carboxylic acids is 1. The quantitative estimate of drug-likeness (QED) is 0.774. The summed E-state index contributed by atoms with van der Waals surface area (Å²) in [4.78, 5) is 12.1. The Morgan fingerprint density at radius 1 is 1.50 bits per heavy atom. The van der Waals surface area contributed by atoms with Gasteiger partial charge in [0.05, 0.1) is 22.4 Å². The number of carbonyl (C=O) groups is 1. The van der Waals surface area contributed by atoms with Crippen LogP contribution in [0.4, 0.5) is 13.2 Å². The normalized spacial score (nSPS) is 16.9. The van der Waals surface area contributed by atoms with Crippen molar-refractivity contribution in [3.63, 3.8) is 0 Å². The van der Waals surface area contributed by atoms with Crippen molar-refractivity contribution >= 4 is 34.9 Å². The molecule has 3 rings (SSSR count). The number of aromatic nitrogens is 3. The van der Waals surface area contributed by atoms with Crippen LogP contribution in [0.3, 0.4) is 0 Å². The summed E-state index contributed by atoms with van der Waals surface area (Å²) in [5, 5.41) is 19.4. The second kappa shape index (κ2) is 6.63. The summed E-state index contributed by atoms with van der Waals surface area (Å²) >= 11 is 6.76. The van der Waals surface area contributed by atoms with Crippen LogP contribution in [-0.4, -0.2) is 31.8 Å². The van der Waals surface area contributed by atoms with E-state index in [1.54, 1.807) is 6.92 Å². The zero-order chi connectivity index (χ0) is 19.1. The maximum Gasteiger partial charge on any atom is 0.417 e. The Bertz CT molecular complexity index is 905. The van der Waals surface area contributed by atoms with E-state index in [9.17, 15) is 23.2 Å². The van der Waals surface area contributed by atoms with Crippen LogP contribution in [0.25, 0.3) is 5.65 Å². The van der Waals surface area contributed by atoms with Gasteiger partial charge in [-0.25, -0.2) is 0 Å². The SMILES string of the molecule is C[C@](C#N)(NC(=O)CSc1nnc2c(Cl)cc(C(F)(F)F)cn12)C1CC1. The number of fused-ring (bicyclic) bond motifs is 1. The van der Waals surface area contributed by atoms with Crippen LogP contribution in [-0.2, 0) is 11.0 Å². The van der Waals surface area contributed by atoms with Crippen molar-refractivity contribution in [3.8, 4) is 6.07 Å². The summed E-state index contributed by atoms with van der Waals surface area (Å²) in [5.41, 5.74) is -1.80. The van der Waals surface area contributed by atoms with Crippen molar-refractivity contribution in [1.29, 1.82) is 5.26 Å². The molecule has 1 fully saturated rings. The molecule has 2 heterocycles. The zero-order valence-corrected chi connectivity index (χ0v) is 15.0. The molecule has 0 radical (unpaired) electrons. The lowest BCUT2D eigenvalue weighted by atomic mass is 9.98. The maximum absolute atomic E-state index is 12.9. The van der Waals surface area contributed by atoms with Gasteiger partial charge in [-0.05, 0) is 31.7 Å². The predicted octanol–water partition coefficient (Wildman–Crippen LogP) is 3.30. The molecule has 26 heavy (non-hydrogen) atoms. The summed E-state index contributed by atoms with van der Waals surface area (Å²) in [5.74, 6) is -0.386. The van der Waals surface area contributed by atoms with Crippen molar-refractivity contribution in [3.05, 3.63) is 22.8 Å². The number of hydrogen-bond acceptors (Lipinski definition) is 5. The Morgan fingerprint density at radius 2 is 2.19 bits per heavy atom. The molecule has 2 aromatic rings. The highest BCUT2D eigenvalue weighted by atomic mass is 35.5. The number of pyridine rings is 1. The Morgan fingerprint density at radius 3 is 2.77 bits per heavy atom. The van der Waals surface area contributed by atoms with E-state index < -0.39 is 23.2 Å². The Balaban J connectivity index is 1.76. The molecule has 1 saturated carbocycles. The second-order valence-corrected chi connectivity index (χ2v) is 7.53. The molecule has 0 aliphatic heterocycles. The smallest absolute Gasteiger partial charge is 0.337 e. The summed E-state index contributed by atoms with van der Waals surface area (Å²) in [6, 6.07) is 2.89. The number of alkyl halides is 3. The van der Waals surface area contributed by atoms with E-state index >= 15 is 0 Å². The van der Waals surface area contributed by atoms with Gasteiger partial charge < -0.3 is 5.32 Å². The fourth-order valence-corrected chi connectivity index (χ4v) is 3.48. The van der Waals surface area contributed by atoms with Gasteiger partial charge in [-0.2, -0.15) is 18.4 Å². The molecule has 1 amide bonds. The molecule has 0 spiro atoms. The molecular weight excluding hydrogens is 391 g/mol. The van der Waals surface area contributed by atoms with Gasteiger partial charge in [-0.3, -0.25) is 9.20 Å². The molecular formula is C15H13ClF3N5OS. The summed E-state index contributed by atoms with van der Waals surface area (Å²) in [6.07, 6.45) is -1.97. The number of amides is 1. The highest BCUT2D eigenvalue weighted by molar-refractivity contribution is 7.99. The number of nitrogens with zero attached hydrogens (tertiary/aromatic N) is 4. The molecule has 0 saturated heterocycles. The first-order chi connectivity index (χ1) is 12.1. The number of nitrogens with one attached hydrogen (secondary N) is 1. The van der Waals surface area contributed by atoms with Gasteiger partial charge in [-0.1, -0.05) is 23.4 Å². The van der Waals surface area contributed by atoms with E-state index in [0.29, 0.717) is 0 Å². The molecule has 1 aliphatic carbocycles. The first-order valence-corrected chi connectivity index (χ1v) is 8.97. The molecule has 138 valence electrons. The summed E-state index contributed by atoms with van der Waals surface area (Å²) in [7, 11) is 0. The van der Waals surface area contributed by atoms with Crippen molar-refractivity contribution in [1.82, 2.24) is 19.9 Å². The van der Waals surface area contributed by atoms with E-state index in [1.807, 2.05) is 0 Å². The third kappa shape index (κ3) is 3.73. The highest BCUT2D eigenvalue weighted by Crippen LogP contribution is 2.39. The second-order valence-electron chi connectivity index (χ2n) is 6.18. The lowest BCUT2D eigenvalue weighted by molar-refractivity contribution is -0.137. The van der Waals surface area contributed by atoms with Crippen LogP contribution >= 0.6 is 23.4 Å². The molecule has 2 aromatic heterocycles. The van der Waals surface area contributed by atoms with Crippen LogP contribution < -0.4 is 5.32 Å². The van der Waals surface area contributed by atoms with Crippen LogP contribution in [0, 0.1) is 17.2 Å². The number of rotatable bonds is 5. The molecule has 0 unspecified atom stereocenters. The minimum Gasteiger partial charge on any atom is -0.337 e. The topological polar surface area (TPSA) is 83.1 Å². The van der Waals surface area contributed by atoms with Gasteiger partial charge in [0.1, 0.15) is 5.54 Å². The van der Waals surface area contributed by atoms with Gasteiger partial charge in [0.15, 0.2) is 10.8 Å². The van der Waals surface area contributed by atoms with Crippen LogP contribution in [0.5, 0.6) is 0 Å². The average molecular weight is 404 g/mol. The molecule has 0 aromatic carbocycles. The third-order valence-electron chi connectivity index (χ3n) is 4.11. The molecule has 6 nitrogen and oxygen atoms in total. The fourth-order valence-electron chi connectivity index (χ4n) is 2.52. The zero-order valence-electron chi connectivity index (χ0n) is 13.5. The number of nitriles is 1. The first-order valence-electron chi connectivity index (χ1n) is 7.60. The van der Waals surface area contributed by atoms with Crippen LogP contribution in [0.15, 0.2) is 17.4 Å². The van der Waals surface area contributed by atoms with Crippen molar-refractivity contribution in [2.45, 2.75) is 36.6 Å². The minimum absolute atomic E-state index is 0.0717. The van der Waals surface area contributed by atoms with Crippen LogP contribution in [0.1, 0.15) is 25.3 Å². The van der Waals surface area contributed by atoms with E-state index in [-0.39, 0.29) is 27.5 Å². The minimum atomic E-state index is -4.57. The number of thioether (sulfide) groups is 1. The van der Waals surface area contributed by atoms with Gasteiger partial charge in [0.25, 0.3) is 0 Å². The predicted molar refractivity (Wildman–Crippen MR) is 88.6 cm³/mol. The standard InChI is InChI=1S/C15H13ClF3N5OS/c1-14(7-20,8-2-3-8)21-11(25)6-26-13-23-22-12-10(16)4-9(5-24(12)13)15(17,18)19/h4-5,8H,2-3,6H2,1H3,(H,21,25)/t14-/m1/s1. The highest BCUT2D eigenvalue weighted by Gasteiger charge is 2.43. The number of halogens is 4. The van der Waals surface area contributed by atoms with Gasteiger partial charge in [0.2, 0.25) is 5.91 Å². The number of hydrogen-bond donors (Lipinski definition) is 1. The summed E-state index contributed by atoms with van der Waals surface area (Å²) in [6.45, 7) is 1.66. The maximum atomic E-state index is 12.9. The van der Waals surface area contributed by atoms with Gasteiger partial charge in [-0.15, -0.1) is 10.2 Å². The van der Waals surface area contributed by atoms with Gasteiger partial charge in [0, 0.05) is 6.20 Å². The van der Waals surface area contributed by atoms with E-state index in [1.165, 1.54) is 0 Å². The van der Waals surface area contributed by atoms with E-state index in [0.717, 1.165) is 41.3 Å². The monoisotopic (exact) mass is 403 g/mol. The van der Waals surface area contributed by atoms with E-state index in [2.05, 4.69) is 21.6 Å². The molecule has 11 heteroatoms. The summed E-state index contributed by atoms with van der Waals surface area (Å²) < 4.78 is 39.9. The first kappa shape index (κ1) is 18.8. The Kier molecular flexibility index (Phi) is 4.79. The molecule has 1 atom stereocenters. The van der Waals surface area contributed by atoms with E-state index in [4.69, 9.17) is 11.6 Å². The molecule has 1 aliphatic rings. The molecule has 1 N–H and O–H groups in total. The third-order valence-corrected chi connectivity index (χ3v) is 5.33. The van der Waals surface area contributed by atoms with Crippen molar-refractivity contribution in [2.75, 3.05) is 5.75 Å². The Labute approximate surface area is 155 Å². The fraction of sp³-hybridized carbons (Fsp3) is 0.467. The van der Waals surface area contributed by atoms with Gasteiger partial charge >= 0.3 is 6.18 Å². The lowest BCUT2D eigenvalue weighted by Crippen LogP contribution is -2.47. The largest absolute Gasteiger partial charge is 0.417 e.